The molecule has 14 nitrogen and oxygen atoms in total. The molecule has 2 fully saturated rings. The average Bonchev–Trinajstić information content (AvgIpc) is 3.08. The molecule has 2 aliphatic rings. The third kappa shape index (κ3) is 8.49. The van der Waals surface area contributed by atoms with Crippen molar-refractivity contribution >= 4 is 29.3 Å². The van der Waals surface area contributed by atoms with Gasteiger partial charge in [-0.1, -0.05) is 0 Å². The second-order valence-corrected chi connectivity index (χ2v) is 13.4. The van der Waals surface area contributed by atoms with E-state index in [0.717, 1.165) is 5.69 Å². The number of carbonyl (C=O) groups excluding carboxylic acids is 2. The van der Waals surface area contributed by atoms with Gasteiger partial charge in [-0.05, 0) is 65.0 Å². The van der Waals surface area contributed by atoms with E-state index in [1.165, 1.54) is 18.2 Å². The zero-order valence-corrected chi connectivity index (χ0v) is 29.1. The van der Waals surface area contributed by atoms with Crippen LogP contribution in [0.25, 0.3) is 11.4 Å². The third-order valence-electron chi connectivity index (χ3n) is 8.38. The highest BCUT2D eigenvalue weighted by atomic mass is 19.1. The van der Waals surface area contributed by atoms with Gasteiger partial charge < -0.3 is 39.3 Å². The van der Waals surface area contributed by atoms with Gasteiger partial charge in [0, 0.05) is 56.0 Å². The Morgan fingerprint density at radius 3 is 2.52 bits per heavy atom. The largest absolute Gasteiger partial charge is 0.495 e. The van der Waals surface area contributed by atoms with Gasteiger partial charge in [0.2, 0.25) is 5.95 Å². The Morgan fingerprint density at radius 2 is 1.86 bits per heavy atom. The molecule has 0 radical (unpaired) electrons. The van der Waals surface area contributed by atoms with Crippen LogP contribution in [0, 0.1) is 11.3 Å². The fraction of sp³-hybridized carbons (Fsp3) is 0.486. The highest BCUT2D eigenvalue weighted by molar-refractivity contribution is 5.80. The maximum absolute atomic E-state index is 14.9. The molecule has 3 heterocycles. The Kier molecular flexibility index (Phi) is 10.9. The molecule has 0 saturated carbocycles. The number of piperidine rings is 1. The van der Waals surface area contributed by atoms with Crippen LogP contribution in [0.15, 0.2) is 42.7 Å². The molecular formula is C35H43FN8O6. The van der Waals surface area contributed by atoms with Crippen LogP contribution >= 0.6 is 0 Å². The predicted molar refractivity (Wildman–Crippen MR) is 183 cm³/mol. The molecule has 5 rings (SSSR count). The number of piperazine rings is 1. The first-order valence-corrected chi connectivity index (χ1v) is 16.5. The van der Waals surface area contributed by atoms with Crippen molar-refractivity contribution in [1.29, 1.82) is 5.26 Å². The lowest BCUT2D eigenvalue weighted by molar-refractivity contribution is -0.143. The molecule has 4 atom stereocenters. The fourth-order valence-corrected chi connectivity index (χ4v) is 5.93. The zero-order valence-electron chi connectivity index (χ0n) is 29.1. The molecule has 2 aromatic carbocycles. The maximum atomic E-state index is 14.9. The van der Waals surface area contributed by atoms with Gasteiger partial charge in [0.25, 0.3) is 5.91 Å². The molecule has 0 aliphatic carbocycles. The number of nitrogens with zero attached hydrogens (tertiary/aromatic N) is 7. The summed E-state index contributed by atoms with van der Waals surface area (Å²) in [5, 5.41) is 22.6. The van der Waals surface area contributed by atoms with E-state index < -0.39 is 29.9 Å². The highest BCUT2D eigenvalue weighted by Gasteiger charge is 2.35. The maximum Gasteiger partial charge on any atom is 0.410 e. The van der Waals surface area contributed by atoms with Gasteiger partial charge in [0.15, 0.2) is 12.0 Å². The number of likely N-dealkylation sites (tertiary alicyclic amines) is 1. The first-order chi connectivity index (χ1) is 23.8. The van der Waals surface area contributed by atoms with Crippen molar-refractivity contribution in [3.05, 3.63) is 48.3 Å². The van der Waals surface area contributed by atoms with Crippen LogP contribution in [0.5, 0.6) is 11.5 Å². The van der Waals surface area contributed by atoms with Crippen molar-refractivity contribution in [3.8, 4) is 29.0 Å². The van der Waals surface area contributed by atoms with Gasteiger partial charge in [0.1, 0.15) is 41.7 Å². The van der Waals surface area contributed by atoms with Gasteiger partial charge in [-0.2, -0.15) is 10.2 Å². The number of hydrogen-bond acceptors (Lipinski definition) is 12. The number of aliphatic hydroxyl groups is 1. The van der Waals surface area contributed by atoms with E-state index in [9.17, 15) is 24.3 Å². The SMILES string of the molecule is COc1cc(Nc2ncnc(-c3ccc(O[C@H]4CCN(C(=O)[C@H](C)O)C[C@H]4F)c(C#N)c3)n2)ccc1N1CCN(C(=O)OC(C)(C)C)CC1C. The number of hydrogen-bond donors (Lipinski definition) is 2. The number of halogens is 1. The molecule has 15 heteroatoms. The van der Waals surface area contributed by atoms with Gasteiger partial charge in [-0.3, -0.25) is 4.79 Å². The van der Waals surface area contributed by atoms with E-state index in [-0.39, 0.29) is 48.9 Å². The number of aromatic nitrogens is 3. The van der Waals surface area contributed by atoms with E-state index in [0.29, 0.717) is 42.5 Å². The van der Waals surface area contributed by atoms with Crippen LogP contribution in [-0.4, -0.2) is 112 Å². The number of methoxy groups -OCH3 is 1. The number of nitrogens with one attached hydrogen (secondary N) is 1. The van der Waals surface area contributed by atoms with Gasteiger partial charge in [-0.25, -0.2) is 19.2 Å². The van der Waals surface area contributed by atoms with Crippen LogP contribution in [0.4, 0.5) is 26.5 Å². The predicted octanol–water partition coefficient (Wildman–Crippen LogP) is 4.31. The van der Waals surface area contributed by atoms with Crippen LogP contribution in [0.2, 0.25) is 0 Å². The minimum Gasteiger partial charge on any atom is -0.495 e. The minimum absolute atomic E-state index is 0.0167. The van der Waals surface area contributed by atoms with E-state index in [1.54, 1.807) is 30.2 Å². The summed E-state index contributed by atoms with van der Waals surface area (Å²) in [7, 11) is 1.60. The van der Waals surface area contributed by atoms with E-state index in [1.807, 2.05) is 39.0 Å². The summed E-state index contributed by atoms with van der Waals surface area (Å²) in [6, 6.07) is 12.6. The molecule has 3 aromatic rings. The van der Waals surface area contributed by atoms with Crippen molar-refractivity contribution in [2.75, 3.05) is 50.1 Å². The number of amides is 2. The molecule has 2 aliphatic heterocycles. The van der Waals surface area contributed by atoms with Crippen LogP contribution in [0.1, 0.15) is 46.6 Å². The molecule has 2 amide bonds. The highest BCUT2D eigenvalue weighted by Crippen LogP contribution is 2.35. The number of alkyl halides is 1. The Bertz CT molecular complexity index is 1740. The average molecular weight is 691 g/mol. The van der Waals surface area contributed by atoms with Gasteiger partial charge in [-0.15, -0.1) is 0 Å². The summed E-state index contributed by atoms with van der Waals surface area (Å²) in [5.74, 6) is 0.879. The topological polar surface area (TPSA) is 166 Å². The zero-order chi connectivity index (χ0) is 36.2. The standard InChI is InChI=1S/C35H43FN8O6/c1-21-18-43(34(47)50-35(3,4)5)13-14-44(21)27-9-8-25(16-30(27)48-6)40-33-39-20-38-31(41-33)23-7-10-28(24(15-23)17-37)49-29-11-12-42(19-26(29)36)32(46)22(2)45/h7-10,15-16,20-22,26,29,45H,11-14,18-19H2,1-6H3,(H,38,39,40,41)/t21?,22-,26+,29-/m0/s1. The lowest BCUT2D eigenvalue weighted by Gasteiger charge is -2.41. The summed E-state index contributed by atoms with van der Waals surface area (Å²) < 4.78 is 32.1. The molecular weight excluding hydrogens is 647 g/mol. The Balaban J connectivity index is 1.25. The summed E-state index contributed by atoms with van der Waals surface area (Å²) in [4.78, 5) is 42.9. The van der Waals surface area contributed by atoms with Crippen molar-refractivity contribution in [1.82, 2.24) is 24.8 Å². The lowest BCUT2D eigenvalue weighted by atomic mass is 10.0. The van der Waals surface area contributed by atoms with Crippen LogP contribution in [-0.2, 0) is 9.53 Å². The molecule has 0 bridgehead atoms. The van der Waals surface area contributed by atoms with Gasteiger partial charge >= 0.3 is 6.09 Å². The smallest absolute Gasteiger partial charge is 0.410 e. The third-order valence-corrected chi connectivity index (χ3v) is 8.38. The summed E-state index contributed by atoms with van der Waals surface area (Å²) >= 11 is 0. The number of aliphatic hydroxyl groups excluding tert-OH is 1. The molecule has 0 spiro atoms. The first kappa shape index (κ1) is 36.1. The molecule has 1 aromatic heterocycles. The minimum atomic E-state index is -1.49. The molecule has 1 unspecified atom stereocenters. The second-order valence-electron chi connectivity index (χ2n) is 13.4. The molecule has 50 heavy (non-hydrogen) atoms. The first-order valence-electron chi connectivity index (χ1n) is 16.5. The summed E-state index contributed by atoms with van der Waals surface area (Å²) in [6.07, 6.45) is -2.30. The van der Waals surface area contributed by atoms with Crippen molar-refractivity contribution in [3.63, 3.8) is 0 Å². The Hall–Kier alpha value is -5.23. The Labute approximate surface area is 290 Å². The number of carbonyl (C=O) groups is 2. The number of anilines is 3. The number of rotatable bonds is 8. The van der Waals surface area contributed by atoms with Crippen molar-refractivity contribution < 1.29 is 33.3 Å². The number of benzene rings is 2. The van der Waals surface area contributed by atoms with E-state index in [4.69, 9.17) is 14.2 Å². The number of ether oxygens (including phenoxy) is 3. The molecule has 266 valence electrons. The summed E-state index contributed by atoms with van der Waals surface area (Å²) in [5.41, 5.74) is 1.70. The van der Waals surface area contributed by atoms with Crippen LogP contribution < -0.4 is 19.7 Å². The van der Waals surface area contributed by atoms with E-state index >= 15 is 0 Å². The molecule has 2 saturated heterocycles. The van der Waals surface area contributed by atoms with Gasteiger partial charge in [0.05, 0.1) is 24.9 Å². The second kappa shape index (κ2) is 15.1. The molecule has 2 N–H and O–H groups in total. The number of nitriles is 1. The Morgan fingerprint density at radius 1 is 1.08 bits per heavy atom. The van der Waals surface area contributed by atoms with Crippen molar-refractivity contribution in [2.24, 2.45) is 0 Å². The normalized spacial score (nSPS) is 20.1. The lowest BCUT2D eigenvalue weighted by Crippen LogP contribution is -2.54. The monoisotopic (exact) mass is 690 g/mol. The summed E-state index contributed by atoms with van der Waals surface area (Å²) in [6.45, 7) is 10.6. The fourth-order valence-electron chi connectivity index (χ4n) is 5.93. The van der Waals surface area contributed by atoms with Crippen LogP contribution in [0.3, 0.4) is 0 Å². The van der Waals surface area contributed by atoms with Crippen molar-refractivity contribution in [2.45, 2.75) is 71.1 Å². The quantitative estimate of drug-likeness (QED) is 0.345. The van der Waals surface area contributed by atoms with E-state index in [2.05, 4.69) is 38.2 Å².